The number of rotatable bonds is 5. The predicted octanol–water partition coefficient (Wildman–Crippen LogP) is 4.84. The van der Waals surface area contributed by atoms with Gasteiger partial charge in [-0.1, -0.05) is 35.8 Å². The average molecular weight is 403 g/mol. The van der Waals surface area contributed by atoms with Crippen molar-refractivity contribution in [2.75, 3.05) is 6.61 Å². The molecule has 1 aliphatic carbocycles. The summed E-state index contributed by atoms with van der Waals surface area (Å²) in [6.45, 7) is 10.6. The van der Waals surface area contributed by atoms with E-state index in [9.17, 15) is 10.2 Å². The molecule has 1 fully saturated rings. The van der Waals surface area contributed by atoms with Crippen LogP contribution in [0, 0.1) is 11.8 Å². The first-order valence-electron chi connectivity index (χ1n) is 11.1. The van der Waals surface area contributed by atoms with Gasteiger partial charge >= 0.3 is 0 Å². The Morgan fingerprint density at radius 2 is 1.97 bits per heavy atom. The number of aliphatic hydroxyl groups excluding tert-OH is 2. The van der Waals surface area contributed by atoms with Crippen molar-refractivity contribution in [1.82, 2.24) is 0 Å². The average Bonchev–Trinajstić information content (AvgIpc) is 2.61. The van der Waals surface area contributed by atoms with Crippen LogP contribution in [0.3, 0.4) is 0 Å². The fourth-order valence-electron chi connectivity index (χ4n) is 4.90. The number of fused-ring (bicyclic) bond motifs is 1. The zero-order valence-electron chi connectivity index (χ0n) is 18.6. The zero-order chi connectivity index (χ0) is 21.2. The van der Waals surface area contributed by atoms with Crippen LogP contribution in [0.2, 0.25) is 0 Å². The van der Waals surface area contributed by atoms with Crippen LogP contribution in [0.4, 0.5) is 0 Å². The van der Waals surface area contributed by atoms with Crippen LogP contribution in [-0.2, 0) is 9.47 Å². The fourth-order valence-corrected chi connectivity index (χ4v) is 4.90. The Labute approximate surface area is 176 Å². The third-order valence-electron chi connectivity index (χ3n) is 6.45. The lowest BCUT2D eigenvalue weighted by molar-refractivity contribution is -0.245. The molecule has 0 aromatic carbocycles. The van der Waals surface area contributed by atoms with Gasteiger partial charge in [-0.25, -0.2) is 0 Å². The van der Waals surface area contributed by atoms with Gasteiger partial charge in [0.2, 0.25) is 5.79 Å². The van der Waals surface area contributed by atoms with Gasteiger partial charge in [0, 0.05) is 5.92 Å². The van der Waals surface area contributed by atoms with Crippen molar-refractivity contribution in [3.05, 3.63) is 46.6 Å². The molecule has 6 atom stereocenters. The van der Waals surface area contributed by atoms with E-state index < -0.39 is 5.79 Å². The number of aliphatic hydroxyl groups is 2. The van der Waals surface area contributed by atoms with Crippen molar-refractivity contribution in [2.24, 2.45) is 11.8 Å². The van der Waals surface area contributed by atoms with Crippen LogP contribution < -0.4 is 0 Å². The molecule has 1 saturated carbocycles. The predicted molar refractivity (Wildman–Crippen MR) is 116 cm³/mol. The summed E-state index contributed by atoms with van der Waals surface area (Å²) in [5, 5.41) is 20.3. The van der Waals surface area contributed by atoms with Gasteiger partial charge in [0.1, 0.15) is 0 Å². The molecule has 1 unspecified atom stereocenters. The van der Waals surface area contributed by atoms with Crippen LogP contribution in [0.1, 0.15) is 66.7 Å². The molecule has 0 amide bonds. The van der Waals surface area contributed by atoms with Gasteiger partial charge in [0.05, 0.1) is 24.9 Å². The number of allylic oxidation sites excluding steroid dienone is 3. The second-order valence-electron chi connectivity index (χ2n) is 9.56. The minimum atomic E-state index is -0.912. The maximum atomic E-state index is 10.3. The Morgan fingerprint density at radius 3 is 2.66 bits per heavy atom. The maximum absolute atomic E-state index is 10.3. The molecule has 0 saturated heterocycles. The molecule has 1 spiro atoms. The topological polar surface area (TPSA) is 58.9 Å². The highest BCUT2D eigenvalue weighted by atomic mass is 16.7. The van der Waals surface area contributed by atoms with Gasteiger partial charge in [0.25, 0.3) is 0 Å². The van der Waals surface area contributed by atoms with E-state index >= 15 is 0 Å². The van der Waals surface area contributed by atoms with Crippen molar-refractivity contribution in [2.45, 2.75) is 90.8 Å². The summed E-state index contributed by atoms with van der Waals surface area (Å²) in [5.41, 5.74) is 4.85. The molecule has 29 heavy (non-hydrogen) atoms. The van der Waals surface area contributed by atoms with Crippen LogP contribution in [0.5, 0.6) is 0 Å². The maximum Gasteiger partial charge on any atom is 0.209 e. The Balaban J connectivity index is 1.80. The van der Waals surface area contributed by atoms with Crippen molar-refractivity contribution in [3.8, 4) is 0 Å². The molecule has 3 rings (SSSR count). The first-order chi connectivity index (χ1) is 13.7. The molecule has 2 heterocycles. The van der Waals surface area contributed by atoms with Crippen LogP contribution >= 0.6 is 0 Å². The van der Waals surface area contributed by atoms with E-state index in [2.05, 4.69) is 52.8 Å². The molecule has 0 bridgehead atoms. The number of hydrogen-bond donors (Lipinski definition) is 2. The summed E-state index contributed by atoms with van der Waals surface area (Å²) in [4.78, 5) is 0. The summed E-state index contributed by atoms with van der Waals surface area (Å²) in [5.74, 6) is -0.658. The van der Waals surface area contributed by atoms with Crippen LogP contribution in [0.15, 0.2) is 46.6 Å². The van der Waals surface area contributed by atoms with E-state index in [0.29, 0.717) is 6.42 Å². The second-order valence-corrected chi connectivity index (χ2v) is 9.56. The van der Waals surface area contributed by atoms with E-state index in [0.717, 1.165) is 31.3 Å². The van der Waals surface area contributed by atoms with Gasteiger partial charge < -0.3 is 19.7 Å². The standard InChI is InChI=1S/C25H38O4/c1-16(2)7-6-8-17(3)9-21-10-18(4)13-25(28-21)14-20(15-26)22-12-23(27)19(5)11-24(22)29-25/h7,9,13-14,19,21-24,26-27H,6,8,10-12,15H2,1-5H3/b17-9+/t19?,21-,22-,23-,24-,25+/m1/s1. The molecule has 4 nitrogen and oxygen atoms in total. The molecule has 3 aliphatic rings. The Hall–Kier alpha value is -1.20. The molecular formula is C25H38O4. The Morgan fingerprint density at radius 1 is 1.21 bits per heavy atom. The van der Waals surface area contributed by atoms with Gasteiger partial charge in [-0.15, -0.1) is 0 Å². The van der Waals surface area contributed by atoms with Gasteiger partial charge in [-0.05, 0) is 83.4 Å². The van der Waals surface area contributed by atoms with Gasteiger partial charge in [-0.2, -0.15) is 0 Å². The molecule has 0 aromatic rings. The summed E-state index contributed by atoms with van der Waals surface area (Å²) in [6, 6.07) is 0. The van der Waals surface area contributed by atoms with Crippen molar-refractivity contribution in [1.29, 1.82) is 0 Å². The third-order valence-corrected chi connectivity index (χ3v) is 6.45. The van der Waals surface area contributed by atoms with Gasteiger partial charge in [-0.3, -0.25) is 0 Å². The van der Waals surface area contributed by atoms with Crippen molar-refractivity contribution < 1.29 is 19.7 Å². The summed E-state index contributed by atoms with van der Waals surface area (Å²) in [7, 11) is 0. The molecule has 0 aromatic heterocycles. The highest BCUT2D eigenvalue weighted by Gasteiger charge is 2.47. The summed E-state index contributed by atoms with van der Waals surface area (Å²) in [6.07, 6.45) is 12.5. The number of ether oxygens (including phenoxy) is 2. The summed E-state index contributed by atoms with van der Waals surface area (Å²) >= 11 is 0. The highest BCUT2D eigenvalue weighted by molar-refractivity contribution is 5.28. The van der Waals surface area contributed by atoms with E-state index in [1.807, 2.05) is 6.08 Å². The molecule has 4 heteroatoms. The SMILES string of the molecule is CC(C)=CCC/C(C)=C/[C@@H]1CC(C)=C[C@]2(C=C(CO)[C@H]3C[C@@H](O)C(C)C[C@H]3O2)O1. The second kappa shape index (κ2) is 9.30. The quantitative estimate of drug-likeness (QED) is 0.647. The zero-order valence-corrected chi connectivity index (χ0v) is 18.6. The third kappa shape index (κ3) is 5.49. The highest BCUT2D eigenvalue weighted by Crippen LogP contribution is 2.45. The Bertz CT molecular complexity index is 712. The van der Waals surface area contributed by atoms with Crippen LogP contribution in [0.25, 0.3) is 0 Å². The molecular weight excluding hydrogens is 364 g/mol. The summed E-state index contributed by atoms with van der Waals surface area (Å²) < 4.78 is 13.0. The van der Waals surface area contributed by atoms with Crippen molar-refractivity contribution >= 4 is 0 Å². The monoisotopic (exact) mass is 402 g/mol. The molecule has 162 valence electrons. The van der Waals surface area contributed by atoms with E-state index in [1.165, 1.54) is 16.7 Å². The Kier molecular flexibility index (Phi) is 7.21. The van der Waals surface area contributed by atoms with E-state index in [-0.39, 0.29) is 36.8 Å². The van der Waals surface area contributed by atoms with E-state index in [1.54, 1.807) is 0 Å². The smallest absolute Gasteiger partial charge is 0.209 e. The largest absolute Gasteiger partial charge is 0.393 e. The minimum absolute atomic E-state index is 0.0220. The lowest BCUT2D eigenvalue weighted by Gasteiger charge is -2.48. The minimum Gasteiger partial charge on any atom is -0.393 e. The van der Waals surface area contributed by atoms with Gasteiger partial charge in [0.15, 0.2) is 0 Å². The van der Waals surface area contributed by atoms with E-state index in [4.69, 9.17) is 9.47 Å². The first-order valence-corrected chi connectivity index (χ1v) is 11.1. The fraction of sp³-hybridized carbons (Fsp3) is 0.680. The van der Waals surface area contributed by atoms with Crippen LogP contribution in [-0.4, -0.2) is 40.9 Å². The normalized spacial score (nSPS) is 37.6. The molecule has 2 N–H and O–H groups in total. The molecule has 0 radical (unpaired) electrons. The lowest BCUT2D eigenvalue weighted by Crippen LogP contribution is -2.51. The number of hydrogen-bond acceptors (Lipinski definition) is 4. The lowest BCUT2D eigenvalue weighted by atomic mass is 9.73. The van der Waals surface area contributed by atoms with Crippen molar-refractivity contribution in [3.63, 3.8) is 0 Å². The first kappa shape index (κ1) is 22.5. The molecule has 2 aliphatic heterocycles.